The molecule has 0 bridgehead atoms. The Labute approximate surface area is 145 Å². The highest BCUT2D eigenvalue weighted by Crippen LogP contribution is 2.24. The van der Waals surface area contributed by atoms with Crippen molar-refractivity contribution in [2.24, 2.45) is 0 Å². The molecule has 0 radical (unpaired) electrons. The molecular formula is C19H18ClNO3. The molecule has 4 nitrogen and oxygen atoms in total. The zero-order valence-electron chi connectivity index (χ0n) is 13.5. The molecule has 0 fully saturated rings. The second-order valence-corrected chi connectivity index (χ2v) is 6.08. The van der Waals surface area contributed by atoms with Crippen LogP contribution in [-0.4, -0.2) is 12.5 Å². The smallest absolute Gasteiger partial charge is 0.258 e. The maximum absolute atomic E-state index is 12.1. The van der Waals surface area contributed by atoms with Gasteiger partial charge in [-0.05, 0) is 49.7 Å². The van der Waals surface area contributed by atoms with Gasteiger partial charge in [0.2, 0.25) is 0 Å². The molecule has 0 aliphatic carbocycles. The number of amides is 1. The van der Waals surface area contributed by atoms with Gasteiger partial charge < -0.3 is 14.5 Å². The van der Waals surface area contributed by atoms with Crippen LogP contribution in [0, 0.1) is 6.92 Å². The third-order valence-electron chi connectivity index (χ3n) is 3.75. The van der Waals surface area contributed by atoms with Crippen molar-refractivity contribution in [3.63, 3.8) is 0 Å². The number of hydrogen-bond donors (Lipinski definition) is 1. The number of furan rings is 1. The number of carbonyl (C=O) groups is 1. The molecule has 1 atom stereocenters. The Balaban J connectivity index is 1.58. The minimum atomic E-state index is -0.236. The number of carbonyl (C=O) groups excluding carboxylic acids is 1. The Morgan fingerprint density at radius 2 is 2.04 bits per heavy atom. The van der Waals surface area contributed by atoms with Gasteiger partial charge in [0.25, 0.3) is 5.91 Å². The third kappa shape index (κ3) is 3.71. The van der Waals surface area contributed by atoms with Crippen LogP contribution in [0.4, 0.5) is 0 Å². The highest BCUT2D eigenvalue weighted by molar-refractivity contribution is 6.31. The van der Waals surface area contributed by atoms with Gasteiger partial charge in [0.05, 0.1) is 6.04 Å². The first-order valence-corrected chi connectivity index (χ1v) is 8.07. The van der Waals surface area contributed by atoms with Crippen LogP contribution in [0.25, 0.3) is 11.0 Å². The number of fused-ring (bicyclic) bond motifs is 1. The first kappa shape index (κ1) is 16.4. The lowest BCUT2D eigenvalue weighted by Gasteiger charge is -2.12. The fourth-order valence-electron chi connectivity index (χ4n) is 2.43. The van der Waals surface area contributed by atoms with E-state index in [0.717, 1.165) is 16.5 Å². The Kier molecular flexibility index (Phi) is 4.76. The molecular weight excluding hydrogens is 326 g/mol. The molecule has 3 aromatic rings. The maximum atomic E-state index is 12.1. The van der Waals surface area contributed by atoms with Gasteiger partial charge in [-0.3, -0.25) is 4.79 Å². The summed E-state index contributed by atoms with van der Waals surface area (Å²) in [5.41, 5.74) is 1.71. The van der Waals surface area contributed by atoms with E-state index in [-0.39, 0.29) is 18.6 Å². The molecule has 24 heavy (non-hydrogen) atoms. The van der Waals surface area contributed by atoms with Crippen LogP contribution >= 0.6 is 11.6 Å². The zero-order valence-corrected chi connectivity index (χ0v) is 14.3. The molecule has 0 aliphatic heterocycles. The molecule has 1 N–H and O–H groups in total. The summed E-state index contributed by atoms with van der Waals surface area (Å²) in [4.78, 5) is 12.1. The molecule has 0 saturated carbocycles. The monoisotopic (exact) mass is 343 g/mol. The van der Waals surface area contributed by atoms with E-state index in [1.165, 1.54) is 0 Å². The molecule has 1 heterocycles. The van der Waals surface area contributed by atoms with Gasteiger partial charge in [0.15, 0.2) is 6.61 Å². The largest absolute Gasteiger partial charge is 0.484 e. The third-order valence-corrected chi connectivity index (χ3v) is 4.17. The maximum Gasteiger partial charge on any atom is 0.258 e. The molecule has 0 unspecified atom stereocenters. The lowest BCUT2D eigenvalue weighted by atomic mass is 10.2. The average Bonchev–Trinajstić information content (AvgIpc) is 3.00. The van der Waals surface area contributed by atoms with Gasteiger partial charge in [-0.1, -0.05) is 29.8 Å². The van der Waals surface area contributed by atoms with E-state index in [9.17, 15) is 4.79 Å². The number of nitrogens with one attached hydrogen (secondary N) is 1. The summed E-state index contributed by atoms with van der Waals surface area (Å²) < 4.78 is 11.3. The number of benzene rings is 2. The van der Waals surface area contributed by atoms with E-state index in [4.69, 9.17) is 20.8 Å². The highest BCUT2D eigenvalue weighted by atomic mass is 35.5. The van der Waals surface area contributed by atoms with Crippen molar-refractivity contribution >= 4 is 28.5 Å². The fraction of sp³-hybridized carbons (Fsp3) is 0.211. The Hall–Kier alpha value is -2.46. The molecule has 0 aliphatic rings. The predicted molar refractivity (Wildman–Crippen MR) is 94.5 cm³/mol. The number of halogens is 1. The average molecular weight is 344 g/mol. The summed E-state index contributed by atoms with van der Waals surface area (Å²) in [5, 5.41) is 4.56. The van der Waals surface area contributed by atoms with E-state index in [1.807, 2.05) is 44.2 Å². The van der Waals surface area contributed by atoms with Gasteiger partial charge in [-0.15, -0.1) is 0 Å². The number of hydrogen-bond acceptors (Lipinski definition) is 3. The first-order chi connectivity index (χ1) is 11.5. The van der Waals surface area contributed by atoms with Crippen molar-refractivity contribution in [1.29, 1.82) is 0 Å². The van der Waals surface area contributed by atoms with Gasteiger partial charge >= 0.3 is 0 Å². The van der Waals surface area contributed by atoms with Crippen molar-refractivity contribution in [1.82, 2.24) is 5.32 Å². The van der Waals surface area contributed by atoms with Crippen LogP contribution in [-0.2, 0) is 4.79 Å². The second-order valence-electron chi connectivity index (χ2n) is 5.68. The normalized spacial score (nSPS) is 12.1. The van der Waals surface area contributed by atoms with Gasteiger partial charge in [-0.2, -0.15) is 0 Å². The fourth-order valence-corrected chi connectivity index (χ4v) is 2.54. The lowest BCUT2D eigenvalue weighted by molar-refractivity contribution is -0.123. The van der Waals surface area contributed by atoms with Crippen molar-refractivity contribution in [2.45, 2.75) is 19.9 Å². The van der Waals surface area contributed by atoms with Crippen LogP contribution in [0.2, 0.25) is 5.02 Å². The summed E-state index contributed by atoms with van der Waals surface area (Å²) in [6, 6.07) is 14.7. The molecule has 2 aromatic carbocycles. The molecule has 1 amide bonds. The Bertz CT molecular complexity index is 839. The summed E-state index contributed by atoms with van der Waals surface area (Å²) in [6.45, 7) is 3.70. The number of rotatable bonds is 5. The first-order valence-electron chi connectivity index (χ1n) is 7.70. The number of para-hydroxylation sites is 1. The predicted octanol–water partition coefficient (Wildman–Crippen LogP) is 4.65. The summed E-state index contributed by atoms with van der Waals surface area (Å²) in [7, 11) is 0. The van der Waals surface area contributed by atoms with E-state index < -0.39 is 0 Å². The van der Waals surface area contributed by atoms with Gasteiger partial charge in [0, 0.05) is 10.4 Å². The second kappa shape index (κ2) is 6.97. The zero-order chi connectivity index (χ0) is 17.1. The molecule has 124 valence electrons. The molecule has 0 spiro atoms. The van der Waals surface area contributed by atoms with Crippen molar-refractivity contribution in [3.05, 3.63) is 64.9 Å². The van der Waals surface area contributed by atoms with Crippen LogP contribution in [0.3, 0.4) is 0 Å². The molecule has 3 rings (SSSR count). The SMILES string of the molecule is Cc1cc(OCC(=O)N[C@@H](C)c2cc3ccccc3o2)ccc1Cl. The summed E-state index contributed by atoms with van der Waals surface area (Å²) in [5.74, 6) is 1.12. The minimum absolute atomic E-state index is 0.0638. The van der Waals surface area contributed by atoms with E-state index in [2.05, 4.69) is 5.32 Å². The molecule has 1 aromatic heterocycles. The van der Waals surface area contributed by atoms with Crippen molar-refractivity contribution < 1.29 is 13.9 Å². The molecule has 5 heteroatoms. The minimum Gasteiger partial charge on any atom is -0.484 e. The lowest BCUT2D eigenvalue weighted by Crippen LogP contribution is -2.31. The van der Waals surface area contributed by atoms with Crippen molar-refractivity contribution in [3.8, 4) is 5.75 Å². The van der Waals surface area contributed by atoms with Gasteiger partial charge in [0.1, 0.15) is 17.1 Å². The Morgan fingerprint density at radius 1 is 1.25 bits per heavy atom. The highest BCUT2D eigenvalue weighted by Gasteiger charge is 2.14. The standard InChI is InChI=1S/C19H18ClNO3/c1-12-9-15(7-8-16(12)20)23-11-19(22)21-13(2)18-10-14-5-3-4-6-17(14)24-18/h3-10,13H,11H2,1-2H3,(H,21,22)/t13-/m0/s1. The summed E-state index contributed by atoms with van der Waals surface area (Å²) >= 11 is 5.97. The number of ether oxygens (including phenoxy) is 1. The van der Waals surface area contributed by atoms with E-state index in [1.54, 1.807) is 18.2 Å². The topological polar surface area (TPSA) is 51.5 Å². The number of aryl methyl sites for hydroxylation is 1. The van der Waals surface area contributed by atoms with Crippen LogP contribution in [0.5, 0.6) is 5.75 Å². The quantitative estimate of drug-likeness (QED) is 0.733. The van der Waals surface area contributed by atoms with E-state index in [0.29, 0.717) is 16.5 Å². The summed E-state index contributed by atoms with van der Waals surface area (Å²) in [6.07, 6.45) is 0. The van der Waals surface area contributed by atoms with Gasteiger partial charge in [-0.25, -0.2) is 0 Å². The van der Waals surface area contributed by atoms with Crippen LogP contribution in [0.15, 0.2) is 52.9 Å². The Morgan fingerprint density at radius 3 is 2.79 bits per heavy atom. The molecule has 0 saturated heterocycles. The van der Waals surface area contributed by atoms with Crippen molar-refractivity contribution in [2.75, 3.05) is 6.61 Å². The van der Waals surface area contributed by atoms with E-state index >= 15 is 0 Å². The van der Waals surface area contributed by atoms with Crippen LogP contribution < -0.4 is 10.1 Å². The van der Waals surface area contributed by atoms with Crippen LogP contribution in [0.1, 0.15) is 24.3 Å².